The van der Waals surface area contributed by atoms with Gasteiger partial charge in [0.25, 0.3) is 0 Å². The summed E-state index contributed by atoms with van der Waals surface area (Å²) in [5.74, 6) is 13.7. The summed E-state index contributed by atoms with van der Waals surface area (Å²) >= 11 is 0. The summed E-state index contributed by atoms with van der Waals surface area (Å²) in [6.45, 7) is 2.30. The third kappa shape index (κ3) is 9.79. The molecular weight excluding hydrogens is 300 g/mol. The Morgan fingerprint density at radius 1 is 0.667 bits per heavy atom. The van der Waals surface area contributed by atoms with E-state index in [0.29, 0.717) is 24.7 Å². The van der Waals surface area contributed by atoms with Crippen molar-refractivity contribution >= 4 is 0 Å². The van der Waals surface area contributed by atoms with E-state index in [4.69, 9.17) is 9.47 Å². The molecule has 0 aliphatic carbocycles. The van der Waals surface area contributed by atoms with Crippen LogP contribution in [-0.4, -0.2) is 77.6 Å². The monoisotopic (exact) mass is 330 g/mol. The van der Waals surface area contributed by atoms with E-state index in [2.05, 4.69) is 66.0 Å². The van der Waals surface area contributed by atoms with Crippen LogP contribution in [0.3, 0.4) is 0 Å². The molecule has 0 unspecified atom stereocenters. The van der Waals surface area contributed by atoms with Gasteiger partial charge in [-0.25, -0.2) is 0 Å². The number of rotatable bonds is 6. The zero-order valence-electron chi connectivity index (χ0n) is 15.8. The van der Waals surface area contributed by atoms with E-state index < -0.39 is 0 Å². The Morgan fingerprint density at radius 2 is 1.04 bits per heavy atom. The zero-order valence-corrected chi connectivity index (χ0v) is 15.8. The molecule has 1 aromatic rings. The first-order valence-electron chi connectivity index (χ1n) is 8.04. The minimum Gasteiger partial charge on any atom is -0.477 e. The smallest absolute Gasteiger partial charge is 0.162 e. The van der Waals surface area contributed by atoms with Gasteiger partial charge in [0.05, 0.1) is 42.3 Å². The summed E-state index contributed by atoms with van der Waals surface area (Å²) in [4.78, 5) is 0. The van der Waals surface area contributed by atoms with Crippen LogP contribution in [0.2, 0.25) is 0 Å². The van der Waals surface area contributed by atoms with Gasteiger partial charge in [0.1, 0.15) is 26.3 Å². The van der Waals surface area contributed by atoms with Crippen LogP contribution in [0.15, 0.2) is 24.3 Å². The predicted molar refractivity (Wildman–Crippen MR) is 98.8 cm³/mol. The number of hydrogen-bond donors (Lipinski definition) is 0. The van der Waals surface area contributed by atoms with Gasteiger partial charge in [-0.3, -0.25) is 0 Å². The van der Waals surface area contributed by atoms with E-state index >= 15 is 0 Å². The van der Waals surface area contributed by atoms with Crippen molar-refractivity contribution in [2.75, 3.05) is 68.6 Å². The van der Waals surface area contributed by atoms with Crippen LogP contribution in [0.4, 0.5) is 0 Å². The highest BCUT2D eigenvalue weighted by Crippen LogP contribution is 2.25. The van der Waals surface area contributed by atoms with Gasteiger partial charge in [0.15, 0.2) is 11.5 Å². The predicted octanol–water partition coefficient (Wildman–Crippen LogP) is 1.86. The van der Waals surface area contributed by atoms with Crippen LogP contribution in [0.5, 0.6) is 11.5 Å². The van der Waals surface area contributed by atoms with E-state index in [1.165, 1.54) is 0 Å². The Hall–Kier alpha value is -2.14. The second-order valence-corrected chi connectivity index (χ2v) is 7.63. The lowest BCUT2D eigenvalue weighted by atomic mass is 10.3. The number of benzene rings is 1. The molecule has 0 aliphatic heterocycles. The molecule has 0 aromatic heterocycles. The van der Waals surface area contributed by atoms with Gasteiger partial charge in [0.2, 0.25) is 0 Å². The van der Waals surface area contributed by atoms with E-state index in [-0.39, 0.29) is 0 Å². The van der Waals surface area contributed by atoms with Crippen molar-refractivity contribution in [3.05, 3.63) is 24.3 Å². The molecule has 0 heterocycles. The average molecular weight is 330 g/mol. The van der Waals surface area contributed by atoms with Crippen LogP contribution < -0.4 is 9.47 Å². The van der Waals surface area contributed by atoms with Crippen molar-refractivity contribution in [2.24, 2.45) is 0 Å². The van der Waals surface area contributed by atoms with Crippen LogP contribution in [0.1, 0.15) is 0 Å². The molecule has 1 aromatic carbocycles. The molecule has 130 valence electrons. The number of hydrogen-bond acceptors (Lipinski definition) is 2. The third-order valence-corrected chi connectivity index (χ3v) is 2.81. The number of para-hydroxylation sites is 2. The molecule has 0 fully saturated rings. The summed E-state index contributed by atoms with van der Waals surface area (Å²) in [6.07, 6.45) is 0. The van der Waals surface area contributed by atoms with Crippen LogP contribution >= 0.6 is 0 Å². The van der Waals surface area contributed by atoms with E-state index in [9.17, 15) is 0 Å². The molecule has 0 atom stereocenters. The molecule has 0 saturated heterocycles. The van der Waals surface area contributed by atoms with Crippen LogP contribution in [-0.2, 0) is 0 Å². The quantitative estimate of drug-likeness (QED) is 0.586. The van der Waals surface area contributed by atoms with Gasteiger partial charge in [-0.15, -0.1) is 0 Å². The van der Waals surface area contributed by atoms with E-state index in [1.54, 1.807) is 0 Å². The maximum atomic E-state index is 5.71. The van der Waals surface area contributed by atoms with Crippen LogP contribution in [0, 0.1) is 23.7 Å². The first kappa shape index (κ1) is 19.9. The minimum atomic E-state index is 0.355. The molecule has 4 heteroatoms. The highest BCUT2D eigenvalue weighted by molar-refractivity contribution is 5.40. The molecule has 0 N–H and O–H groups in total. The maximum absolute atomic E-state index is 5.71. The van der Waals surface area contributed by atoms with E-state index in [0.717, 1.165) is 22.1 Å². The van der Waals surface area contributed by atoms with Crippen molar-refractivity contribution in [1.29, 1.82) is 0 Å². The SMILES string of the molecule is C[N+](C)(C)CC#CCOc1ccccc1OCC#CC[N+](C)(C)C. The van der Waals surface area contributed by atoms with Crippen molar-refractivity contribution < 1.29 is 18.4 Å². The Balaban J connectivity index is 2.50. The van der Waals surface area contributed by atoms with Gasteiger partial charge in [-0.05, 0) is 24.0 Å². The average Bonchev–Trinajstić information content (AvgIpc) is 2.45. The van der Waals surface area contributed by atoms with Gasteiger partial charge < -0.3 is 18.4 Å². The summed E-state index contributed by atoms with van der Waals surface area (Å²) in [6, 6.07) is 7.61. The van der Waals surface area contributed by atoms with Crippen LogP contribution in [0.25, 0.3) is 0 Å². The van der Waals surface area contributed by atoms with Gasteiger partial charge >= 0.3 is 0 Å². The number of nitrogens with zero attached hydrogens (tertiary/aromatic N) is 2. The Kier molecular flexibility index (Phi) is 7.65. The molecule has 0 saturated carbocycles. The standard InChI is InChI=1S/C20H30N2O2/c1-21(2,3)15-9-11-17-23-19-13-7-8-14-20(19)24-18-12-10-16-22(4,5)6/h7-8,13-14H,15-18H2,1-6H3/q+2. The molecule has 0 amide bonds. The first-order valence-corrected chi connectivity index (χ1v) is 8.04. The fraction of sp³-hybridized carbons (Fsp3) is 0.500. The molecule has 4 nitrogen and oxygen atoms in total. The summed E-state index contributed by atoms with van der Waals surface area (Å²) in [5.41, 5.74) is 0. The first-order chi connectivity index (χ1) is 11.2. The Labute approximate surface area is 147 Å². The van der Waals surface area contributed by atoms with E-state index in [1.807, 2.05) is 24.3 Å². The summed E-state index contributed by atoms with van der Waals surface area (Å²) < 4.78 is 13.0. The van der Waals surface area contributed by atoms with Crippen molar-refractivity contribution in [3.63, 3.8) is 0 Å². The second-order valence-electron chi connectivity index (χ2n) is 7.63. The number of quaternary nitrogens is 2. The van der Waals surface area contributed by atoms with Crippen molar-refractivity contribution in [2.45, 2.75) is 0 Å². The lowest BCUT2D eigenvalue weighted by Gasteiger charge is -2.20. The zero-order chi connectivity index (χ0) is 18.1. The fourth-order valence-corrected chi connectivity index (χ4v) is 1.60. The lowest BCUT2D eigenvalue weighted by molar-refractivity contribution is -0.862. The summed E-state index contributed by atoms with van der Waals surface area (Å²) in [5, 5.41) is 0. The normalized spacial score (nSPS) is 10.9. The molecule has 1 rings (SSSR count). The molecule has 24 heavy (non-hydrogen) atoms. The lowest BCUT2D eigenvalue weighted by Crippen LogP contribution is -2.34. The summed E-state index contributed by atoms with van der Waals surface area (Å²) in [7, 11) is 12.7. The Bertz CT molecular complexity index is 575. The molecule has 0 aliphatic rings. The molecule has 0 bridgehead atoms. The third-order valence-electron chi connectivity index (χ3n) is 2.81. The van der Waals surface area contributed by atoms with Gasteiger partial charge in [-0.1, -0.05) is 24.0 Å². The highest BCUT2D eigenvalue weighted by Gasteiger charge is 2.04. The van der Waals surface area contributed by atoms with Gasteiger partial charge in [-0.2, -0.15) is 0 Å². The van der Waals surface area contributed by atoms with Crippen molar-refractivity contribution in [3.8, 4) is 35.2 Å². The maximum Gasteiger partial charge on any atom is 0.162 e. The molecule has 0 spiro atoms. The second kappa shape index (κ2) is 9.23. The molecular formula is C20H30N2O2+2. The van der Waals surface area contributed by atoms with Crippen molar-refractivity contribution in [1.82, 2.24) is 0 Å². The highest BCUT2D eigenvalue weighted by atomic mass is 16.5. The fourth-order valence-electron chi connectivity index (χ4n) is 1.60. The molecule has 0 radical (unpaired) electrons. The topological polar surface area (TPSA) is 18.5 Å². The Morgan fingerprint density at radius 3 is 1.38 bits per heavy atom. The number of ether oxygens (including phenoxy) is 2. The van der Waals surface area contributed by atoms with Gasteiger partial charge in [0, 0.05) is 0 Å². The minimum absolute atomic E-state index is 0.355. The largest absolute Gasteiger partial charge is 0.477 e.